The standard InChI is InChI=1S/C6H14O2.2B/c1-5(2,7)6(3,4)8;;/h7-8H,1-4H3;;. The molecule has 0 aliphatic rings. The number of aliphatic hydroxyl groups is 2. The first-order chi connectivity index (χ1) is 3.25. The lowest BCUT2D eigenvalue weighted by Crippen LogP contribution is -2.44. The third-order valence-electron chi connectivity index (χ3n) is 1.50. The highest BCUT2D eigenvalue weighted by molar-refractivity contribution is 5.76. The Labute approximate surface area is 66.8 Å². The Morgan fingerprint density at radius 1 is 0.700 bits per heavy atom. The van der Waals surface area contributed by atoms with Gasteiger partial charge in [-0.2, -0.15) is 0 Å². The van der Waals surface area contributed by atoms with E-state index in [-0.39, 0.29) is 16.8 Å². The summed E-state index contributed by atoms with van der Waals surface area (Å²) in [5, 5.41) is 18.2. The smallest absolute Gasteiger partial charge is 0.0872 e. The third-order valence-corrected chi connectivity index (χ3v) is 1.50. The molecule has 0 aliphatic carbocycles. The van der Waals surface area contributed by atoms with E-state index in [0.717, 1.165) is 0 Å². The maximum absolute atomic E-state index is 9.10. The van der Waals surface area contributed by atoms with Crippen LogP contribution in [0.1, 0.15) is 27.7 Å². The van der Waals surface area contributed by atoms with Gasteiger partial charge >= 0.3 is 0 Å². The summed E-state index contributed by atoms with van der Waals surface area (Å²) in [5.74, 6) is 0. The minimum absolute atomic E-state index is 0. The second kappa shape index (κ2) is 4.04. The van der Waals surface area contributed by atoms with Crippen molar-refractivity contribution in [2.45, 2.75) is 38.9 Å². The molecule has 0 aromatic carbocycles. The van der Waals surface area contributed by atoms with Gasteiger partial charge < -0.3 is 10.2 Å². The Morgan fingerprint density at radius 2 is 0.800 bits per heavy atom. The van der Waals surface area contributed by atoms with Gasteiger partial charge in [-0.15, -0.1) is 0 Å². The second-order valence-corrected chi connectivity index (χ2v) is 3.12. The van der Waals surface area contributed by atoms with Crippen LogP contribution >= 0.6 is 0 Å². The molecular weight excluding hydrogens is 126 g/mol. The molecule has 0 aliphatic heterocycles. The molecule has 2 nitrogen and oxygen atoms in total. The van der Waals surface area contributed by atoms with E-state index in [1.165, 1.54) is 0 Å². The monoisotopic (exact) mass is 140 g/mol. The summed E-state index contributed by atoms with van der Waals surface area (Å²) in [6.45, 7) is 6.31. The summed E-state index contributed by atoms with van der Waals surface area (Å²) in [5.41, 5.74) is -2.01. The van der Waals surface area contributed by atoms with Crippen LogP contribution in [0.2, 0.25) is 0 Å². The predicted molar refractivity (Wildman–Crippen MR) is 44.1 cm³/mol. The Hall–Kier alpha value is 0.0499. The van der Waals surface area contributed by atoms with Crippen molar-refractivity contribution >= 4 is 16.8 Å². The van der Waals surface area contributed by atoms with Crippen LogP contribution in [-0.4, -0.2) is 38.2 Å². The summed E-state index contributed by atoms with van der Waals surface area (Å²) in [6, 6.07) is 0. The van der Waals surface area contributed by atoms with Gasteiger partial charge in [0.15, 0.2) is 0 Å². The maximum Gasteiger partial charge on any atom is 0.0872 e. The van der Waals surface area contributed by atoms with Crippen LogP contribution in [0.4, 0.5) is 0 Å². The van der Waals surface area contributed by atoms with E-state index in [0.29, 0.717) is 0 Å². The van der Waals surface area contributed by atoms with Crippen LogP contribution in [0.5, 0.6) is 0 Å². The molecule has 0 rings (SSSR count). The predicted octanol–water partition coefficient (Wildman–Crippen LogP) is -0.233. The van der Waals surface area contributed by atoms with Gasteiger partial charge in [0, 0.05) is 16.8 Å². The molecule has 0 atom stereocenters. The van der Waals surface area contributed by atoms with Gasteiger partial charge in [0.25, 0.3) is 0 Å². The maximum atomic E-state index is 9.10. The van der Waals surface area contributed by atoms with Crippen molar-refractivity contribution in [2.24, 2.45) is 0 Å². The molecule has 0 aromatic rings. The normalized spacial score (nSPS) is 11.4. The summed E-state index contributed by atoms with van der Waals surface area (Å²) < 4.78 is 0. The molecule has 2 N–H and O–H groups in total. The van der Waals surface area contributed by atoms with Crippen LogP contribution in [0, 0.1) is 0 Å². The summed E-state index contributed by atoms with van der Waals surface area (Å²) >= 11 is 0. The summed E-state index contributed by atoms with van der Waals surface area (Å²) in [6.07, 6.45) is 0. The fourth-order valence-corrected chi connectivity index (χ4v) is 0. The quantitative estimate of drug-likeness (QED) is 0.493. The van der Waals surface area contributed by atoms with Crippen LogP contribution in [0.25, 0.3) is 0 Å². The van der Waals surface area contributed by atoms with Crippen molar-refractivity contribution in [3.63, 3.8) is 0 Å². The van der Waals surface area contributed by atoms with Gasteiger partial charge in [-0.05, 0) is 27.7 Å². The van der Waals surface area contributed by atoms with E-state index in [1.54, 1.807) is 27.7 Å². The van der Waals surface area contributed by atoms with Crippen molar-refractivity contribution in [3.05, 3.63) is 0 Å². The zero-order valence-electron chi connectivity index (χ0n) is 7.05. The number of hydrogen-bond acceptors (Lipinski definition) is 2. The highest BCUT2D eigenvalue weighted by Crippen LogP contribution is 2.18. The fourth-order valence-electron chi connectivity index (χ4n) is 0. The fraction of sp³-hybridized carbons (Fsp3) is 1.00. The van der Waals surface area contributed by atoms with E-state index in [4.69, 9.17) is 10.2 Å². The first kappa shape index (κ1) is 16.6. The first-order valence-corrected chi connectivity index (χ1v) is 2.70. The highest BCUT2D eigenvalue weighted by atomic mass is 16.3. The first-order valence-electron chi connectivity index (χ1n) is 2.70. The molecule has 0 spiro atoms. The Balaban J connectivity index is -0.000000245. The van der Waals surface area contributed by atoms with E-state index in [2.05, 4.69) is 0 Å². The van der Waals surface area contributed by atoms with Gasteiger partial charge in [0.05, 0.1) is 11.2 Å². The van der Waals surface area contributed by atoms with Crippen molar-refractivity contribution < 1.29 is 10.2 Å². The molecule has 56 valence electrons. The Bertz CT molecular complexity index is 68.7. The van der Waals surface area contributed by atoms with Crippen LogP contribution in [0.15, 0.2) is 0 Å². The average molecular weight is 140 g/mol. The van der Waals surface area contributed by atoms with Gasteiger partial charge in [-0.25, -0.2) is 0 Å². The molecule has 0 saturated heterocycles. The molecule has 0 fully saturated rings. The molecular formula is C6H14B2O2. The lowest BCUT2D eigenvalue weighted by Gasteiger charge is -2.31. The lowest BCUT2D eigenvalue weighted by molar-refractivity contribution is -0.107. The van der Waals surface area contributed by atoms with Gasteiger partial charge in [-0.1, -0.05) is 0 Å². The molecule has 0 amide bonds. The molecule has 0 heterocycles. The van der Waals surface area contributed by atoms with Crippen LogP contribution < -0.4 is 0 Å². The molecule has 4 heteroatoms. The lowest BCUT2D eigenvalue weighted by atomic mass is 9.90. The zero-order chi connectivity index (χ0) is 7.00. The Morgan fingerprint density at radius 3 is 0.800 bits per heavy atom. The number of rotatable bonds is 1. The van der Waals surface area contributed by atoms with E-state index >= 15 is 0 Å². The number of hydrogen-bond donors (Lipinski definition) is 2. The van der Waals surface area contributed by atoms with E-state index in [1.807, 2.05) is 0 Å². The van der Waals surface area contributed by atoms with E-state index in [9.17, 15) is 0 Å². The SMILES string of the molecule is CC(C)(O)C(C)(C)O.[B].[B]. The minimum Gasteiger partial charge on any atom is -0.387 e. The summed E-state index contributed by atoms with van der Waals surface area (Å²) in [7, 11) is 0. The average Bonchev–Trinajstić information content (AvgIpc) is 1.25. The minimum atomic E-state index is -1.01. The molecule has 6 radical (unpaired) electrons. The largest absolute Gasteiger partial charge is 0.387 e. The third kappa shape index (κ3) is 4.89. The van der Waals surface area contributed by atoms with Crippen LogP contribution in [0.3, 0.4) is 0 Å². The van der Waals surface area contributed by atoms with Crippen molar-refractivity contribution in [1.82, 2.24) is 0 Å². The van der Waals surface area contributed by atoms with Crippen molar-refractivity contribution in [1.29, 1.82) is 0 Å². The Kier molecular flexibility index (Phi) is 6.69. The van der Waals surface area contributed by atoms with Gasteiger partial charge in [-0.3, -0.25) is 0 Å². The zero-order valence-corrected chi connectivity index (χ0v) is 7.05. The van der Waals surface area contributed by atoms with Crippen LogP contribution in [-0.2, 0) is 0 Å². The molecule has 0 aromatic heterocycles. The molecule has 0 unspecified atom stereocenters. The van der Waals surface area contributed by atoms with Gasteiger partial charge in [0.1, 0.15) is 0 Å². The van der Waals surface area contributed by atoms with Crippen molar-refractivity contribution in [3.8, 4) is 0 Å². The molecule has 0 saturated carbocycles. The molecule has 10 heavy (non-hydrogen) atoms. The topological polar surface area (TPSA) is 40.5 Å². The second-order valence-electron chi connectivity index (χ2n) is 3.12. The van der Waals surface area contributed by atoms with E-state index < -0.39 is 11.2 Å². The molecule has 0 bridgehead atoms. The van der Waals surface area contributed by atoms with Gasteiger partial charge in [0.2, 0.25) is 0 Å². The summed E-state index contributed by atoms with van der Waals surface area (Å²) in [4.78, 5) is 0. The van der Waals surface area contributed by atoms with Crippen molar-refractivity contribution in [2.75, 3.05) is 0 Å². The highest BCUT2D eigenvalue weighted by Gasteiger charge is 2.31.